The summed E-state index contributed by atoms with van der Waals surface area (Å²) < 4.78 is 0. The predicted molar refractivity (Wildman–Crippen MR) is 233 cm³/mol. The van der Waals surface area contributed by atoms with Crippen molar-refractivity contribution in [1.82, 2.24) is 35.3 Å². The molecule has 1 aromatic carbocycles. The number of hydroxylamine groups is 2. The molecule has 63 heavy (non-hydrogen) atoms. The molecular weight excluding hydrogens is 811 g/mol. The van der Waals surface area contributed by atoms with Gasteiger partial charge in [0.1, 0.15) is 18.1 Å². The summed E-state index contributed by atoms with van der Waals surface area (Å²) in [7, 11) is 5.34. The quantitative estimate of drug-likeness (QED) is 0.136. The zero-order valence-electron chi connectivity index (χ0n) is 38.6. The van der Waals surface area contributed by atoms with Crippen molar-refractivity contribution in [2.24, 2.45) is 23.7 Å². The molecule has 0 saturated carbocycles. The topological polar surface area (TPSA) is 203 Å². The molecule has 0 radical (unpaired) electrons. The summed E-state index contributed by atoms with van der Waals surface area (Å²) in [5, 5.41) is 6.24. The van der Waals surface area contributed by atoms with Gasteiger partial charge in [-0.05, 0) is 88.1 Å². The summed E-state index contributed by atoms with van der Waals surface area (Å²) in [5.74, 6) is -4.25. The maximum Gasteiger partial charge on any atom is 0.333 e. The zero-order chi connectivity index (χ0) is 46.7. The highest BCUT2D eigenvalue weighted by Gasteiger charge is 2.46. The van der Waals surface area contributed by atoms with E-state index in [-0.39, 0.29) is 91.3 Å². The van der Waals surface area contributed by atoms with Crippen LogP contribution in [-0.4, -0.2) is 143 Å². The number of likely N-dealkylation sites (tertiary alicyclic amines) is 2. The van der Waals surface area contributed by atoms with E-state index in [0.29, 0.717) is 68.8 Å². The number of carbonyl (C=O) groups excluding carboxylic acids is 9. The number of hydrogen-bond donors (Lipinski definition) is 2. The van der Waals surface area contributed by atoms with Crippen LogP contribution in [0.1, 0.15) is 122 Å². The Hall–Kier alpha value is -5.19. The van der Waals surface area contributed by atoms with E-state index in [4.69, 9.17) is 4.84 Å². The van der Waals surface area contributed by atoms with E-state index in [0.717, 1.165) is 5.56 Å². The first kappa shape index (κ1) is 50.5. The third kappa shape index (κ3) is 12.9. The first-order valence-electron chi connectivity index (χ1n) is 22.5. The highest BCUT2D eigenvalue weighted by Crippen LogP contribution is 2.29. The molecule has 0 spiro atoms. The van der Waals surface area contributed by atoms with Gasteiger partial charge in [0, 0.05) is 70.4 Å². The summed E-state index contributed by atoms with van der Waals surface area (Å²) in [6.45, 7) is 12.7. The number of imide groups is 1. The van der Waals surface area contributed by atoms with Crippen LogP contribution in [0.5, 0.6) is 0 Å². The van der Waals surface area contributed by atoms with Crippen molar-refractivity contribution in [3.8, 4) is 0 Å². The van der Waals surface area contributed by atoms with Crippen LogP contribution in [0.25, 0.3) is 0 Å². The van der Waals surface area contributed by atoms with Crippen LogP contribution in [0.15, 0.2) is 24.3 Å². The van der Waals surface area contributed by atoms with Crippen LogP contribution in [0.4, 0.5) is 0 Å². The minimum atomic E-state index is -0.848. The molecule has 5 atom stereocenters. The molecule has 1 aromatic rings. The summed E-state index contributed by atoms with van der Waals surface area (Å²) in [5.41, 5.74) is 1.15. The Bertz CT molecular complexity index is 1820. The second kappa shape index (κ2) is 22.9. The van der Waals surface area contributed by atoms with Gasteiger partial charge in [-0.15, -0.1) is 5.06 Å². The number of Topliss-reactive ketones (excluding diaryl/α,β-unsaturated/α-hetero) is 1. The molecule has 7 amide bonds. The van der Waals surface area contributed by atoms with E-state index in [9.17, 15) is 43.2 Å². The number of nitrogens with zero attached hydrogens (tertiary/aromatic N) is 5. The van der Waals surface area contributed by atoms with Crippen LogP contribution in [0.3, 0.4) is 0 Å². The second-order valence-corrected chi connectivity index (χ2v) is 18.4. The normalized spacial score (nSPS) is 19.2. The molecule has 3 fully saturated rings. The molecule has 4 rings (SSSR count). The molecule has 17 heteroatoms. The average Bonchev–Trinajstić information content (AvgIpc) is 3.99. The van der Waals surface area contributed by atoms with Crippen molar-refractivity contribution in [3.63, 3.8) is 0 Å². The van der Waals surface area contributed by atoms with Crippen LogP contribution >= 0.6 is 0 Å². The summed E-state index contributed by atoms with van der Waals surface area (Å²) in [6.07, 6.45) is 3.11. The first-order chi connectivity index (χ1) is 29.7. The summed E-state index contributed by atoms with van der Waals surface area (Å²) in [4.78, 5) is 129. The first-order valence-corrected chi connectivity index (χ1v) is 22.5. The predicted octanol–water partition coefficient (Wildman–Crippen LogP) is 3.09. The number of hydrogen-bond acceptors (Lipinski definition) is 11. The van der Waals surface area contributed by atoms with E-state index in [1.807, 2.05) is 60.5 Å². The summed E-state index contributed by atoms with van der Waals surface area (Å²) in [6, 6.07) is 4.08. The molecule has 3 aliphatic rings. The van der Waals surface area contributed by atoms with Gasteiger partial charge < -0.3 is 30.2 Å². The lowest BCUT2D eigenvalue weighted by molar-refractivity contribution is -0.197. The third-order valence-corrected chi connectivity index (χ3v) is 12.3. The number of likely N-dealkylation sites (N-methyl/N-ethyl adjacent to an activating group) is 2. The molecule has 0 bridgehead atoms. The van der Waals surface area contributed by atoms with Crippen LogP contribution in [0.2, 0.25) is 0 Å². The van der Waals surface area contributed by atoms with Gasteiger partial charge in [-0.1, -0.05) is 53.7 Å². The molecule has 17 nitrogen and oxygen atoms in total. The molecule has 3 heterocycles. The van der Waals surface area contributed by atoms with Crippen LogP contribution in [-0.2, 0) is 49.7 Å². The van der Waals surface area contributed by atoms with Crippen molar-refractivity contribution < 1.29 is 48.0 Å². The van der Waals surface area contributed by atoms with E-state index in [2.05, 4.69) is 10.6 Å². The van der Waals surface area contributed by atoms with Crippen molar-refractivity contribution >= 4 is 53.1 Å². The van der Waals surface area contributed by atoms with Gasteiger partial charge in [-0.2, -0.15) is 0 Å². The van der Waals surface area contributed by atoms with Crippen LogP contribution < -0.4 is 10.6 Å². The van der Waals surface area contributed by atoms with Gasteiger partial charge in [0.2, 0.25) is 23.6 Å². The summed E-state index contributed by atoms with van der Waals surface area (Å²) >= 11 is 0. The van der Waals surface area contributed by atoms with Gasteiger partial charge in [0.05, 0.1) is 6.04 Å². The Labute approximate surface area is 371 Å². The second-order valence-electron chi connectivity index (χ2n) is 18.4. The molecular formula is C46H69N7O10. The lowest BCUT2D eigenvalue weighted by atomic mass is 9.84. The molecule has 2 N–H and O–H groups in total. The fourth-order valence-electron chi connectivity index (χ4n) is 9.03. The molecule has 5 unspecified atom stereocenters. The Morgan fingerprint density at radius 2 is 1.33 bits per heavy atom. The van der Waals surface area contributed by atoms with Gasteiger partial charge in [0.15, 0.2) is 5.78 Å². The van der Waals surface area contributed by atoms with Crippen molar-refractivity contribution in [2.45, 2.75) is 136 Å². The lowest BCUT2D eigenvalue weighted by Gasteiger charge is -2.38. The molecule has 0 aliphatic carbocycles. The van der Waals surface area contributed by atoms with Gasteiger partial charge >= 0.3 is 5.97 Å². The number of amides is 7. The smallest absolute Gasteiger partial charge is 0.333 e. The Kier molecular flexibility index (Phi) is 18.4. The number of benzene rings is 1. The molecule has 0 aromatic heterocycles. The Morgan fingerprint density at radius 1 is 0.746 bits per heavy atom. The highest BCUT2D eigenvalue weighted by molar-refractivity contribution is 6.01. The Morgan fingerprint density at radius 3 is 1.90 bits per heavy atom. The zero-order valence-corrected chi connectivity index (χ0v) is 38.6. The lowest BCUT2D eigenvalue weighted by Crippen LogP contribution is -2.58. The SMILES string of the molecule is CC(C)C(CC(=O)C(C(C)C)N(C)C)C(=O)N(C)C(C(=O)N1CCCC1C(=O)N1CCCC1C(=O)NCc1ccc(C(=O)NCCCCC(=O)ON2C(=O)CCC2=O)cc1)C(C)C. The van der Waals surface area contributed by atoms with Gasteiger partial charge in [0.25, 0.3) is 17.7 Å². The minimum Gasteiger partial charge on any atom is -0.352 e. The van der Waals surface area contributed by atoms with E-state index >= 15 is 0 Å². The molecule has 348 valence electrons. The largest absolute Gasteiger partial charge is 0.352 e. The van der Waals surface area contributed by atoms with Crippen molar-refractivity contribution in [2.75, 3.05) is 40.8 Å². The van der Waals surface area contributed by atoms with E-state index < -0.39 is 41.8 Å². The van der Waals surface area contributed by atoms with E-state index in [1.165, 1.54) is 4.90 Å². The standard InChI is InChI=1S/C46H69N7O10/c1-28(2)33(26-36(54)40(29(3)4)49(7)8)44(60)50(9)41(30(5)6)46(62)52-25-13-15-35(52)45(61)51-24-12-14-34(51)43(59)48-27-31-17-19-32(20-18-31)42(58)47-23-11-10-16-39(57)63-53-37(55)21-22-38(53)56/h17-20,28-30,33-35,40-41H,10-16,21-27H2,1-9H3,(H,47,58)(H,48,59). The number of carbonyl (C=O) groups is 9. The average molecular weight is 880 g/mol. The highest BCUT2D eigenvalue weighted by atomic mass is 16.7. The number of nitrogens with one attached hydrogen (secondary N) is 2. The fourth-order valence-corrected chi connectivity index (χ4v) is 9.03. The minimum absolute atomic E-state index is 0.0136. The van der Waals surface area contributed by atoms with Gasteiger partial charge in [-0.25, -0.2) is 4.79 Å². The number of unbranched alkanes of at least 4 members (excludes halogenated alkanes) is 1. The monoisotopic (exact) mass is 880 g/mol. The third-order valence-electron chi connectivity index (χ3n) is 12.3. The van der Waals surface area contributed by atoms with Crippen LogP contribution in [0, 0.1) is 23.7 Å². The molecule has 3 aliphatic heterocycles. The fraction of sp³-hybridized carbons (Fsp3) is 0.674. The number of rotatable bonds is 21. The van der Waals surface area contributed by atoms with E-state index in [1.54, 1.807) is 41.1 Å². The maximum atomic E-state index is 14.4. The molecule has 3 saturated heterocycles. The van der Waals surface area contributed by atoms with Crippen molar-refractivity contribution in [1.29, 1.82) is 0 Å². The van der Waals surface area contributed by atoms with Gasteiger partial charge in [-0.3, -0.25) is 43.3 Å². The van der Waals surface area contributed by atoms with Crippen molar-refractivity contribution in [3.05, 3.63) is 35.4 Å². The number of ketones is 1. The Balaban J connectivity index is 1.29. The maximum absolute atomic E-state index is 14.4.